The number of nitriles is 1. The molecule has 4 rings (SSSR count). The summed E-state index contributed by atoms with van der Waals surface area (Å²) in [6.07, 6.45) is 3.51. The van der Waals surface area contributed by atoms with Crippen molar-refractivity contribution in [2.24, 2.45) is 0 Å². The largest absolute Gasteiger partial charge is 0.294 e. The molecule has 1 aromatic carbocycles. The highest BCUT2D eigenvalue weighted by Gasteiger charge is 2.27. The lowest BCUT2D eigenvalue weighted by molar-refractivity contribution is 0.0980. The molecule has 6 heteroatoms. The van der Waals surface area contributed by atoms with Crippen LogP contribution in [-0.2, 0) is 0 Å². The van der Waals surface area contributed by atoms with E-state index in [1.807, 2.05) is 47.9 Å². The minimum Gasteiger partial charge on any atom is -0.294 e. The first-order chi connectivity index (χ1) is 11.7. The SMILES string of the molecule is Cc1c(C(=O)[C@H](C#N)c2ccc3ccccc3n2)sc2nccn12. The van der Waals surface area contributed by atoms with Crippen LogP contribution in [0.15, 0.2) is 48.8 Å². The number of fused-ring (bicyclic) bond motifs is 2. The summed E-state index contributed by atoms with van der Waals surface area (Å²) in [6.45, 7) is 1.86. The molecular formula is C18H12N4OS. The first-order valence-corrected chi connectivity index (χ1v) is 8.22. The van der Waals surface area contributed by atoms with Crippen LogP contribution < -0.4 is 0 Å². The number of rotatable bonds is 3. The fourth-order valence-electron chi connectivity index (χ4n) is 2.76. The summed E-state index contributed by atoms with van der Waals surface area (Å²) in [4.78, 5) is 22.9. The van der Waals surface area contributed by atoms with Crippen molar-refractivity contribution in [3.8, 4) is 6.07 Å². The molecule has 0 bridgehead atoms. The zero-order chi connectivity index (χ0) is 16.7. The number of Topliss-reactive ketones (excluding diaryl/α,β-unsaturated/α-hetero) is 1. The molecule has 116 valence electrons. The van der Waals surface area contributed by atoms with Gasteiger partial charge in [0.15, 0.2) is 16.7 Å². The van der Waals surface area contributed by atoms with E-state index in [1.54, 1.807) is 12.3 Å². The number of thiazole rings is 1. The molecule has 0 N–H and O–H groups in total. The molecule has 0 radical (unpaired) electrons. The molecule has 0 saturated heterocycles. The summed E-state index contributed by atoms with van der Waals surface area (Å²) in [6, 6.07) is 13.4. The third-order valence-corrected chi connectivity index (χ3v) is 5.21. The van der Waals surface area contributed by atoms with Gasteiger partial charge in [0.2, 0.25) is 0 Å². The zero-order valence-corrected chi connectivity index (χ0v) is 13.6. The second kappa shape index (κ2) is 5.55. The number of para-hydroxylation sites is 1. The van der Waals surface area contributed by atoms with Gasteiger partial charge in [-0.3, -0.25) is 14.2 Å². The average Bonchev–Trinajstić information content (AvgIpc) is 3.18. The Labute approximate surface area is 141 Å². The fraction of sp³-hybridized carbons (Fsp3) is 0.111. The highest BCUT2D eigenvalue weighted by Crippen LogP contribution is 2.28. The molecule has 0 spiro atoms. The van der Waals surface area contributed by atoms with Crippen molar-refractivity contribution in [3.05, 3.63) is 65.1 Å². The Morgan fingerprint density at radius 2 is 2.12 bits per heavy atom. The molecule has 1 atom stereocenters. The number of benzene rings is 1. The van der Waals surface area contributed by atoms with Crippen molar-refractivity contribution >= 4 is 33.0 Å². The summed E-state index contributed by atoms with van der Waals surface area (Å²) >= 11 is 1.30. The molecule has 0 aliphatic rings. The smallest absolute Gasteiger partial charge is 0.197 e. The average molecular weight is 332 g/mol. The van der Waals surface area contributed by atoms with Crippen molar-refractivity contribution in [2.75, 3.05) is 0 Å². The Hall–Kier alpha value is -3.04. The van der Waals surface area contributed by atoms with Crippen LogP contribution in [0, 0.1) is 18.3 Å². The lowest BCUT2D eigenvalue weighted by Gasteiger charge is -2.08. The van der Waals surface area contributed by atoms with Crippen molar-refractivity contribution < 1.29 is 4.79 Å². The zero-order valence-electron chi connectivity index (χ0n) is 12.8. The van der Waals surface area contributed by atoms with Gasteiger partial charge in [0.25, 0.3) is 0 Å². The second-order valence-corrected chi connectivity index (χ2v) is 6.43. The number of hydrogen-bond acceptors (Lipinski definition) is 5. The minimum atomic E-state index is -0.920. The van der Waals surface area contributed by atoms with Gasteiger partial charge >= 0.3 is 0 Å². The van der Waals surface area contributed by atoms with E-state index in [2.05, 4.69) is 16.0 Å². The number of aromatic nitrogens is 3. The third-order valence-electron chi connectivity index (χ3n) is 4.02. The summed E-state index contributed by atoms with van der Waals surface area (Å²) in [5, 5.41) is 10.6. The van der Waals surface area contributed by atoms with Crippen molar-refractivity contribution in [2.45, 2.75) is 12.8 Å². The predicted molar refractivity (Wildman–Crippen MR) is 92.2 cm³/mol. The van der Waals surface area contributed by atoms with E-state index in [0.717, 1.165) is 21.6 Å². The summed E-state index contributed by atoms with van der Waals surface area (Å²) in [7, 11) is 0. The van der Waals surface area contributed by atoms with Gasteiger partial charge in [-0.1, -0.05) is 35.6 Å². The molecule has 5 nitrogen and oxygen atoms in total. The van der Waals surface area contributed by atoms with Gasteiger partial charge in [-0.05, 0) is 19.1 Å². The number of ketones is 1. The molecule has 0 amide bonds. The number of carbonyl (C=O) groups is 1. The molecular weight excluding hydrogens is 320 g/mol. The normalized spacial score (nSPS) is 12.3. The Morgan fingerprint density at radius 1 is 1.29 bits per heavy atom. The van der Waals surface area contributed by atoms with Crippen molar-refractivity contribution in [1.29, 1.82) is 5.26 Å². The predicted octanol–water partition coefficient (Wildman–Crippen LogP) is 3.74. The van der Waals surface area contributed by atoms with Crippen LogP contribution in [0.2, 0.25) is 0 Å². The van der Waals surface area contributed by atoms with Crippen molar-refractivity contribution in [3.63, 3.8) is 0 Å². The van der Waals surface area contributed by atoms with E-state index in [9.17, 15) is 10.1 Å². The molecule has 0 unspecified atom stereocenters. The van der Waals surface area contributed by atoms with Crippen LogP contribution in [-0.4, -0.2) is 20.2 Å². The van der Waals surface area contributed by atoms with Crippen LogP contribution >= 0.6 is 11.3 Å². The molecule has 24 heavy (non-hydrogen) atoms. The Balaban J connectivity index is 1.79. The molecule has 4 aromatic rings. The van der Waals surface area contributed by atoms with Crippen LogP contribution in [0.3, 0.4) is 0 Å². The number of pyridine rings is 1. The molecule has 0 aliphatic heterocycles. The van der Waals surface area contributed by atoms with E-state index in [1.165, 1.54) is 11.3 Å². The number of aryl methyl sites for hydroxylation is 1. The lowest BCUT2D eigenvalue weighted by atomic mass is 9.98. The van der Waals surface area contributed by atoms with Crippen LogP contribution in [0.5, 0.6) is 0 Å². The van der Waals surface area contributed by atoms with Gasteiger partial charge < -0.3 is 0 Å². The molecule has 0 saturated carbocycles. The number of nitrogens with zero attached hydrogens (tertiary/aromatic N) is 4. The van der Waals surface area contributed by atoms with Gasteiger partial charge in [0.05, 0.1) is 22.2 Å². The lowest BCUT2D eigenvalue weighted by Crippen LogP contribution is -2.13. The Morgan fingerprint density at radius 3 is 2.92 bits per heavy atom. The maximum Gasteiger partial charge on any atom is 0.197 e. The minimum absolute atomic E-state index is 0.228. The van der Waals surface area contributed by atoms with Gasteiger partial charge in [-0.25, -0.2) is 4.98 Å². The Bertz CT molecular complexity index is 1120. The number of carbonyl (C=O) groups excluding carboxylic acids is 1. The molecule has 0 aliphatic carbocycles. The molecule has 3 heterocycles. The molecule has 3 aromatic heterocycles. The topological polar surface area (TPSA) is 71.0 Å². The summed E-state index contributed by atoms with van der Waals surface area (Å²) < 4.78 is 1.86. The van der Waals surface area contributed by atoms with Gasteiger partial charge in [0, 0.05) is 23.5 Å². The summed E-state index contributed by atoms with van der Waals surface area (Å²) in [5.41, 5.74) is 2.06. The van der Waals surface area contributed by atoms with Crippen LogP contribution in [0.4, 0.5) is 0 Å². The number of imidazole rings is 1. The summed E-state index contributed by atoms with van der Waals surface area (Å²) in [5.74, 6) is -1.15. The monoisotopic (exact) mass is 332 g/mol. The fourth-order valence-corrected chi connectivity index (χ4v) is 3.81. The van der Waals surface area contributed by atoms with E-state index >= 15 is 0 Å². The van der Waals surface area contributed by atoms with Crippen LogP contribution in [0.25, 0.3) is 15.9 Å². The Kier molecular flexibility index (Phi) is 3.36. The number of hydrogen-bond donors (Lipinski definition) is 0. The highest BCUT2D eigenvalue weighted by atomic mass is 32.1. The van der Waals surface area contributed by atoms with E-state index in [-0.39, 0.29) is 5.78 Å². The second-order valence-electron chi connectivity index (χ2n) is 5.45. The van der Waals surface area contributed by atoms with E-state index in [0.29, 0.717) is 10.6 Å². The van der Waals surface area contributed by atoms with Crippen LogP contribution in [0.1, 0.15) is 27.0 Å². The van der Waals surface area contributed by atoms with Gasteiger partial charge in [-0.15, -0.1) is 0 Å². The van der Waals surface area contributed by atoms with Gasteiger partial charge in [0.1, 0.15) is 0 Å². The standard InChI is InChI=1S/C18H12N4OS/c1-11-17(24-18-20-8-9-22(11)18)16(23)13(10-19)15-7-6-12-4-2-3-5-14(12)21-15/h2-9,13H,1H3/t13-/m1/s1. The quantitative estimate of drug-likeness (QED) is 0.536. The van der Waals surface area contributed by atoms with E-state index < -0.39 is 5.92 Å². The highest BCUT2D eigenvalue weighted by molar-refractivity contribution is 7.19. The first-order valence-electron chi connectivity index (χ1n) is 7.41. The first kappa shape index (κ1) is 14.5. The third kappa shape index (κ3) is 2.18. The maximum atomic E-state index is 12.9. The maximum absolute atomic E-state index is 12.9. The van der Waals surface area contributed by atoms with Crippen molar-refractivity contribution in [1.82, 2.24) is 14.4 Å². The van der Waals surface area contributed by atoms with Gasteiger partial charge in [-0.2, -0.15) is 5.26 Å². The van der Waals surface area contributed by atoms with E-state index in [4.69, 9.17) is 0 Å². The molecule has 0 fully saturated rings.